The molecule has 3 rings (SSSR count). The molecule has 0 saturated carbocycles. The number of piperazine rings is 1. The molecule has 8 heteroatoms. The summed E-state index contributed by atoms with van der Waals surface area (Å²) < 4.78 is 14.1. The van der Waals surface area contributed by atoms with Gasteiger partial charge in [0.2, 0.25) is 5.95 Å². The molecule has 0 spiro atoms. The lowest BCUT2D eigenvalue weighted by atomic mass is 10.1. The number of carbonyl (C=O) groups excluding carboxylic acids is 1. The SMILES string of the molecule is CC(I)N1CCN2c3nc(F)c(Cl)cc3N(C)C(=O)[C@H]2C1. The maximum absolute atomic E-state index is 13.7. The van der Waals surface area contributed by atoms with Crippen molar-refractivity contribution < 1.29 is 9.18 Å². The van der Waals surface area contributed by atoms with Crippen LogP contribution in [0.25, 0.3) is 0 Å². The number of nitrogens with zero attached hydrogens (tertiary/aromatic N) is 4. The van der Waals surface area contributed by atoms with E-state index in [1.165, 1.54) is 11.0 Å². The van der Waals surface area contributed by atoms with Crippen LogP contribution in [0.4, 0.5) is 15.9 Å². The third-order valence-corrected chi connectivity index (χ3v) is 5.11. The first-order valence-corrected chi connectivity index (χ1v) is 8.31. The molecular formula is C13H15ClFIN4O. The molecule has 0 bridgehead atoms. The summed E-state index contributed by atoms with van der Waals surface area (Å²) >= 11 is 8.13. The van der Waals surface area contributed by atoms with Crippen LogP contribution in [0, 0.1) is 5.95 Å². The topological polar surface area (TPSA) is 39.7 Å². The number of halogens is 3. The van der Waals surface area contributed by atoms with E-state index in [0.717, 1.165) is 6.54 Å². The molecule has 2 aliphatic rings. The second kappa shape index (κ2) is 5.51. The molecule has 5 nitrogen and oxygen atoms in total. The number of amides is 1. The third kappa shape index (κ3) is 2.49. The van der Waals surface area contributed by atoms with E-state index in [9.17, 15) is 9.18 Å². The van der Waals surface area contributed by atoms with Crippen molar-refractivity contribution in [3.05, 3.63) is 17.0 Å². The summed E-state index contributed by atoms with van der Waals surface area (Å²) in [5.41, 5.74) is 0.568. The lowest BCUT2D eigenvalue weighted by Crippen LogP contribution is -2.63. The number of pyridine rings is 1. The number of likely N-dealkylation sites (N-methyl/N-ethyl adjacent to an activating group) is 1. The summed E-state index contributed by atoms with van der Waals surface area (Å²) in [5.74, 6) is -0.194. The quantitative estimate of drug-likeness (QED) is 0.300. The Bertz CT molecular complexity index is 600. The molecule has 1 saturated heterocycles. The van der Waals surface area contributed by atoms with Gasteiger partial charge >= 0.3 is 0 Å². The van der Waals surface area contributed by atoms with Gasteiger partial charge in [-0.05, 0) is 13.0 Å². The number of rotatable bonds is 1. The maximum Gasteiger partial charge on any atom is 0.250 e. The Hall–Kier alpha value is -0.670. The number of fused-ring (bicyclic) bond motifs is 3. The van der Waals surface area contributed by atoms with Gasteiger partial charge in [0.05, 0.1) is 14.8 Å². The largest absolute Gasteiger partial charge is 0.340 e. The number of alkyl halides is 1. The Morgan fingerprint density at radius 1 is 1.52 bits per heavy atom. The van der Waals surface area contributed by atoms with E-state index in [0.29, 0.717) is 28.6 Å². The summed E-state index contributed by atoms with van der Waals surface area (Å²) in [6.07, 6.45) is 0. The fourth-order valence-corrected chi connectivity index (χ4v) is 3.49. The molecule has 0 aliphatic carbocycles. The molecule has 21 heavy (non-hydrogen) atoms. The summed E-state index contributed by atoms with van der Waals surface area (Å²) in [7, 11) is 1.68. The number of carbonyl (C=O) groups is 1. The first-order valence-electron chi connectivity index (χ1n) is 6.68. The van der Waals surface area contributed by atoms with Crippen molar-refractivity contribution in [3.63, 3.8) is 0 Å². The molecule has 1 amide bonds. The highest BCUT2D eigenvalue weighted by Gasteiger charge is 2.42. The minimum atomic E-state index is -0.693. The van der Waals surface area contributed by atoms with Crippen molar-refractivity contribution in [2.75, 3.05) is 36.5 Å². The number of hydrogen-bond donors (Lipinski definition) is 0. The Morgan fingerprint density at radius 2 is 2.24 bits per heavy atom. The van der Waals surface area contributed by atoms with Gasteiger partial charge in [-0.3, -0.25) is 9.69 Å². The van der Waals surface area contributed by atoms with Crippen LogP contribution in [0.15, 0.2) is 6.07 Å². The van der Waals surface area contributed by atoms with Gasteiger partial charge in [0.1, 0.15) is 6.04 Å². The highest BCUT2D eigenvalue weighted by molar-refractivity contribution is 14.1. The van der Waals surface area contributed by atoms with E-state index >= 15 is 0 Å². The molecule has 1 fully saturated rings. The number of aromatic nitrogens is 1. The molecule has 1 aromatic heterocycles. The first kappa shape index (κ1) is 15.2. The second-order valence-corrected chi connectivity index (χ2v) is 7.49. The van der Waals surface area contributed by atoms with Gasteiger partial charge in [-0.1, -0.05) is 34.2 Å². The summed E-state index contributed by atoms with van der Waals surface area (Å²) in [6, 6.07) is 1.15. The van der Waals surface area contributed by atoms with E-state index in [-0.39, 0.29) is 17.0 Å². The van der Waals surface area contributed by atoms with Crippen LogP contribution >= 0.6 is 34.2 Å². The Labute approximate surface area is 141 Å². The summed E-state index contributed by atoms with van der Waals surface area (Å²) in [6.45, 7) is 4.19. The van der Waals surface area contributed by atoms with Crippen molar-refractivity contribution in [2.45, 2.75) is 17.0 Å². The molecule has 0 aromatic carbocycles. The van der Waals surface area contributed by atoms with Crippen molar-refractivity contribution in [3.8, 4) is 0 Å². The van der Waals surface area contributed by atoms with Gasteiger partial charge in [0.15, 0.2) is 5.82 Å². The highest BCUT2D eigenvalue weighted by Crippen LogP contribution is 2.37. The molecule has 0 radical (unpaired) electrons. The second-order valence-electron chi connectivity index (χ2n) is 5.28. The molecule has 2 aliphatic heterocycles. The van der Waals surface area contributed by atoms with E-state index in [4.69, 9.17) is 11.6 Å². The standard InChI is InChI=1S/C13H15ClFIN4O/c1-7(16)19-3-4-20-10(6-19)13(21)18(2)9-5-8(14)11(15)17-12(9)20/h5,7,10H,3-4,6H2,1-2H3/t7?,10-/m1/s1. The van der Waals surface area contributed by atoms with Gasteiger partial charge in [-0.2, -0.15) is 9.37 Å². The summed E-state index contributed by atoms with van der Waals surface area (Å²) in [5, 5.41) is -0.0635. The van der Waals surface area contributed by atoms with Gasteiger partial charge in [-0.25, -0.2) is 0 Å². The van der Waals surface area contributed by atoms with Gasteiger partial charge in [0, 0.05) is 26.7 Å². The number of hydrogen-bond acceptors (Lipinski definition) is 4. The minimum Gasteiger partial charge on any atom is -0.340 e. The number of anilines is 2. The minimum absolute atomic E-state index is 0.00581. The van der Waals surface area contributed by atoms with Crippen molar-refractivity contribution in [2.24, 2.45) is 0 Å². The lowest BCUT2D eigenvalue weighted by molar-refractivity contribution is -0.120. The van der Waals surface area contributed by atoms with Crippen LogP contribution < -0.4 is 9.80 Å². The van der Waals surface area contributed by atoms with Gasteiger partial charge in [-0.15, -0.1) is 0 Å². The Balaban J connectivity index is 2.02. The van der Waals surface area contributed by atoms with Crippen molar-refractivity contribution >= 4 is 51.6 Å². The van der Waals surface area contributed by atoms with Crippen LogP contribution in [-0.4, -0.2) is 52.6 Å². The first-order chi connectivity index (χ1) is 9.90. The average Bonchev–Trinajstić information content (AvgIpc) is 2.46. The predicted molar refractivity (Wildman–Crippen MR) is 88.8 cm³/mol. The van der Waals surface area contributed by atoms with E-state index in [1.54, 1.807) is 7.05 Å². The Kier molecular flexibility index (Phi) is 4.00. The zero-order valence-corrected chi connectivity index (χ0v) is 14.6. The molecule has 0 N–H and O–H groups in total. The van der Waals surface area contributed by atoms with Crippen molar-refractivity contribution in [1.82, 2.24) is 9.88 Å². The van der Waals surface area contributed by atoms with Gasteiger partial charge in [0.25, 0.3) is 5.91 Å². The van der Waals surface area contributed by atoms with Crippen molar-refractivity contribution in [1.29, 1.82) is 0 Å². The van der Waals surface area contributed by atoms with Crippen LogP contribution in [-0.2, 0) is 4.79 Å². The fraction of sp³-hybridized carbons (Fsp3) is 0.538. The van der Waals surface area contributed by atoms with E-state index < -0.39 is 5.95 Å². The zero-order valence-electron chi connectivity index (χ0n) is 11.7. The lowest BCUT2D eigenvalue weighted by Gasteiger charge is -2.47. The van der Waals surface area contributed by atoms with Crippen LogP contribution in [0.3, 0.4) is 0 Å². The zero-order chi connectivity index (χ0) is 15.3. The van der Waals surface area contributed by atoms with Gasteiger partial charge < -0.3 is 9.80 Å². The molecule has 2 atom stereocenters. The molecule has 114 valence electrons. The van der Waals surface area contributed by atoms with Crippen LogP contribution in [0.1, 0.15) is 6.92 Å². The third-order valence-electron chi connectivity index (χ3n) is 4.06. The molecule has 1 unspecified atom stereocenters. The molecule has 1 aromatic rings. The molecular weight excluding hydrogens is 410 g/mol. The predicted octanol–water partition coefficient (Wildman–Crippen LogP) is 2.12. The van der Waals surface area contributed by atoms with Crippen LogP contribution in [0.2, 0.25) is 5.02 Å². The maximum atomic E-state index is 13.7. The van der Waals surface area contributed by atoms with Crippen LogP contribution in [0.5, 0.6) is 0 Å². The monoisotopic (exact) mass is 424 g/mol. The average molecular weight is 425 g/mol. The summed E-state index contributed by atoms with van der Waals surface area (Å²) in [4.78, 5) is 22.2. The van der Waals surface area contributed by atoms with E-state index in [1.807, 2.05) is 4.90 Å². The smallest absolute Gasteiger partial charge is 0.250 e. The Morgan fingerprint density at radius 3 is 2.90 bits per heavy atom. The fourth-order valence-electron chi connectivity index (χ4n) is 2.84. The normalized spacial score (nSPS) is 23.9. The van der Waals surface area contributed by atoms with E-state index in [2.05, 4.69) is 39.4 Å². The highest BCUT2D eigenvalue weighted by atomic mass is 127. The molecule has 3 heterocycles.